The Kier molecular flexibility index (Phi) is 4.38. The van der Waals surface area contributed by atoms with E-state index in [0.29, 0.717) is 5.56 Å². The third kappa shape index (κ3) is 2.88. The van der Waals surface area contributed by atoms with Gasteiger partial charge in [0.15, 0.2) is 0 Å². The van der Waals surface area contributed by atoms with E-state index in [1.54, 1.807) is 19.1 Å². The lowest BCUT2D eigenvalue weighted by Gasteiger charge is -2.16. The van der Waals surface area contributed by atoms with Gasteiger partial charge in [0.2, 0.25) is 0 Å². The molecule has 5 heteroatoms. The fourth-order valence-corrected chi connectivity index (χ4v) is 2.53. The van der Waals surface area contributed by atoms with Crippen molar-refractivity contribution in [3.05, 3.63) is 67.6 Å². The third-order valence-electron chi connectivity index (χ3n) is 2.94. The summed E-state index contributed by atoms with van der Waals surface area (Å²) in [5, 5.41) is 10.3. The first-order chi connectivity index (χ1) is 8.91. The standard InChI is InChI=1S/C14H10Br2F2O/c1-7-8(3-2-4-10(7)15)14(19)9-5-13(18)11(16)6-12(9)17/h2-6,14,19H,1H3. The van der Waals surface area contributed by atoms with Gasteiger partial charge in [-0.15, -0.1) is 0 Å². The summed E-state index contributed by atoms with van der Waals surface area (Å²) in [6.07, 6.45) is -1.21. The molecule has 0 aliphatic heterocycles. The van der Waals surface area contributed by atoms with Gasteiger partial charge in [-0.3, -0.25) is 0 Å². The lowest BCUT2D eigenvalue weighted by atomic mass is 9.97. The molecule has 0 saturated heterocycles. The number of hydrogen-bond acceptors (Lipinski definition) is 1. The van der Waals surface area contributed by atoms with Gasteiger partial charge in [0.05, 0.1) is 4.47 Å². The van der Waals surface area contributed by atoms with Crippen molar-refractivity contribution in [1.29, 1.82) is 0 Å². The maximum atomic E-state index is 13.8. The molecular weight excluding hydrogens is 382 g/mol. The van der Waals surface area contributed by atoms with E-state index in [0.717, 1.165) is 22.2 Å². The van der Waals surface area contributed by atoms with Crippen LogP contribution in [0.25, 0.3) is 0 Å². The molecule has 0 bridgehead atoms. The summed E-state index contributed by atoms with van der Waals surface area (Å²) >= 11 is 6.25. The molecule has 0 spiro atoms. The van der Waals surface area contributed by atoms with E-state index < -0.39 is 17.7 Å². The number of halogens is 4. The molecule has 0 heterocycles. The molecule has 0 aliphatic carbocycles. The highest BCUT2D eigenvalue weighted by molar-refractivity contribution is 9.10. The predicted octanol–water partition coefficient (Wildman–Crippen LogP) is 4.88. The Morgan fingerprint density at radius 3 is 2.37 bits per heavy atom. The largest absolute Gasteiger partial charge is 0.384 e. The molecule has 0 saturated carbocycles. The Morgan fingerprint density at radius 2 is 1.68 bits per heavy atom. The first-order valence-electron chi connectivity index (χ1n) is 5.49. The van der Waals surface area contributed by atoms with Gasteiger partial charge in [-0.05, 0) is 52.2 Å². The van der Waals surface area contributed by atoms with Crippen LogP contribution in [-0.4, -0.2) is 5.11 Å². The van der Waals surface area contributed by atoms with Crippen LogP contribution >= 0.6 is 31.9 Å². The molecule has 1 nitrogen and oxygen atoms in total. The SMILES string of the molecule is Cc1c(Br)cccc1C(O)c1cc(F)c(Br)cc1F. The van der Waals surface area contributed by atoms with Crippen molar-refractivity contribution < 1.29 is 13.9 Å². The van der Waals surface area contributed by atoms with Gasteiger partial charge in [0.1, 0.15) is 17.7 Å². The summed E-state index contributed by atoms with van der Waals surface area (Å²) in [7, 11) is 0. The average Bonchev–Trinajstić information content (AvgIpc) is 2.36. The van der Waals surface area contributed by atoms with Gasteiger partial charge in [-0.1, -0.05) is 28.1 Å². The van der Waals surface area contributed by atoms with Gasteiger partial charge in [-0.25, -0.2) is 8.78 Å². The van der Waals surface area contributed by atoms with Crippen LogP contribution in [-0.2, 0) is 0 Å². The summed E-state index contributed by atoms with van der Waals surface area (Å²) in [4.78, 5) is 0. The Hall–Kier alpha value is -0.780. The van der Waals surface area contributed by atoms with Crippen molar-refractivity contribution in [3.63, 3.8) is 0 Å². The van der Waals surface area contributed by atoms with Crippen LogP contribution in [0.15, 0.2) is 39.3 Å². The van der Waals surface area contributed by atoms with Crippen molar-refractivity contribution >= 4 is 31.9 Å². The molecule has 19 heavy (non-hydrogen) atoms. The molecule has 1 unspecified atom stereocenters. The highest BCUT2D eigenvalue weighted by Gasteiger charge is 2.19. The fourth-order valence-electron chi connectivity index (χ4n) is 1.84. The maximum Gasteiger partial charge on any atom is 0.137 e. The van der Waals surface area contributed by atoms with Gasteiger partial charge in [-0.2, -0.15) is 0 Å². The molecule has 2 aromatic rings. The second-order valence-corrected chi connectivity index (χ2v) is 5.85. The van der Waals surface area contributed by atoms with Crippen LogP contribution in [0.4, 0.5) is 8.78 Å². The van der Waals surface area contributed by atoms with Crippen molar-refractivity contribution in [2.45, 2.75) is 13.0 Å². The number of benzene rings is 2. The third-order valence-corrected chi connectivity index (χ3v) is 4.41. The van der Waals surface area contributed by atoms with E-state index in [1.807, 2.05) is 6.07 Å². The van der Waals surface area contributed by atoms with Crippen molar-refractivity contribution in [1.82, 2.24) is 0 Å². The number of aliphatic hydroxyl groups excluding tert-OH is 1. The molecule has 1 atom stereocenters. The summed E-state index contributed by atoms with van der Waals surface area (Å²) in [5.41, 5.74) is 1.25. The van der Waals surface area contributed by atoms with E-state index in [-0.39, 0.29) is 10.0 Å². The van der Waals surface area contributed by atoms with Crippen LogP contribution in [0.5, 0.6) is 0 Å². The molecule has 1 N–H and O–H groups in total. The Bertz CT molecular complexity index is 629. The lowest BCUT2D eigenvalue weighted by Crippen LogP contribution is -2.06. The van der Waals surface area contributed by atoms with E-state index in [9.17, 15) is 13.9 Å². The smallest absolute Gasteiger partial charge is 0.137 e. The van der Waals surface area contributed by atoms with E-state index in [1.165, 1.54) is 0 Å². The minimum Gasteiger partial charge on any atom is -0.384 e. The summed E-state index contributed by atoms with van der Waals surface area (Å²) in [5.74, 6) is -1.26. The molecule has 100 valence electrons. The zero-order chi connectivity index (χ0) is 14.2. The van der Waals surface area contributed by atoms with Crippen LogP contribution in [0, 0.1) is 18.6 Å². The second kappa shape index (κ2) is 5.69. The normalized spacial score (nSPS) is 12.5. The highest BCUT2D eigenvalue weighted by atomic mass is 79.9. The zero-order valence-electron chi connectivity index (χ0n) is 9.92. The minimum atomic E-state index is -1.21. The minimum absolute atomic E-state index is 0.0342. The second-order valence-electron chi connectivity index (χ2n) is 4.14. The molecule has 2 aromatic carbocycles. The van der Waals surface area contributed by atoms with E-state index >= 15 is 0 Å². The van der Waals surface area contributed by atoms with Crippen LogP contribution in [0.3, 0.4) is 0 Å². The van der Waals surface area contributed by atoms with Gasteiger partial charge >= 0.3 is 0 Å². The molecule has 0 amide bonds. The maximum absolute atomic E-state index is 13.8. The Morgan fingerprint density at radius 1 is 1.00 bits per heavy atom. The summed E-state index contributed by atoms with van der Waals surface area (Å²) in [6.45, 7) is 1.80. The Balaban J connectivity index is 2.53. The predicted molar refractivity (Wildman–Crippen MR) is 77.0 cm³/mol. The first kappa shape index (κ1) is 14.6. The van der Waals surface area contributed by atoms with Gasteiger partial charge < -0.3 is 5.11 Å². The van der Waals surface area contributed by atoms with Crippen LogP contribution in [0.1, 0.15) is 22.8 Å². The summed E-state index contributed by atoms with van der Waals surface area (Å²) < 4.78 is 28.2. The van der Waals surface area contributed by atoms with Crippen molar-refractivity contribution in [2.24, 2.45) is 0 Å². The number of hydrogen-bond donors (Lipinski definition) is 1. The highest BCUT2D eigenvalue weighted by Crippen LogP contribution is 2.32. The van der Waals surface area contributed by atoms with E-state index in [2.05, 4.69) is 31.9 Å². The molecule has 0 aromatic heterocycles. The zero-order valence-corrected chi connectivity index (χ0v) is 13.1. The van der Waals surface area contributed by atoms with Crippen molar-refractivity contribution in [3.8, 4) is 0 Å². The fraction of sp³-hybridized carbons (Fsp3) is 0.143. The molecule has 0 radical (unpaired) electrons. The molecule has 0 aliphatic rings. The van der Waals surface area contributed by atoms with Crippen LogP contribution < -0.4 is 0 Å². The molecule has 0 fully saturated rings. The van der Waals surface area contributed by atoms with Crippen molar-refractivity contribution in [2.75, 3.05) is 0 Å². The summed E-state index contributed by atoms with van der Waals surface area (Å²) in [6, 6.07) is 7.27. The topological polar surface area (TPSA) is 20.2 Å². The molecular formula is C14H10Br2F2O. The van der Waals surface area contributed by atoms with Gasteiger partial charge in [0, 0.05) is 10.0 Å². The number of aliphatic hydroxyl groups is 1. The lowest BCUT2D eigenvalue weighted by molar-refractivity contribution is 0.213. The average molecular weight is 392 g/mol. The van der Waals surface area contributed by atoms with Crippen LogP contribution in [0.2, 0.25) is 0 Å². The molecule has 2 rings (SSSR count). The quantitative estimate of drug-likeness (QED) is 0.723. The number of rotatable bonds is 2. The van der Waals surface area contributed by atoms with Gasteiger partial charge in [0.25, 0.3) is 0 Å². The first-order valence-corrected chi connectivity index (χ1v) is 7.08. The monoisotopic (exact) mass is 390 g/mol. The van der Waals surface area contributed by atoms with E-state index in [4.69, 9.17) is 0 Å². The Labute approximate surface area is 126 Å².